The normalized spacial score (nSPS) is 19.2. The number of likely N-dealkylation sites (N-methyl/N-ethyl adjacent to an activating group) is 2. The van der Waals surface area contributed by atoms with Crippen LogP contribution in [0.1, 0.15) is 45.5 Å². The standard InChI is InChI=1S/C38H42N2O6/c1-39-15-13-24-20-32(42-4)34-22-27(24)28(39)19-25-9-7-8-10-30(25)45-33-18-23(11-12-31(33)41-3)17-29-36-26(14-16-40(29)2)21-35(43-5)37(44-6)38(36)46-34/h7-12,18,20-22,28-29H,13-17,19H2,1-6H3/t28-,29+/m0/s1. The van der Waals surface area contributed by atoms with Crippen molar-refractivity contribution in [3.05, 3.63) is 94.0 Å². The third-order valence-corrected chi connectivity index (χ3v) is 9.87. The Morgan fingerprint density at radius 1 is 0.609 bits per heavy atom. The van der Waals surface area contributed by atoms with Gasteiger partial charge in [-0.1, -0.05) is 24.3 Å². The first-order chi connectivity index (χ1) is 22.4. The highest BCUT2D eigenvalue weighted by atomic mass is 16.5. The van der Waals surface area contributed by atoms with Gasteiger partial charge in [0, 0.05) is 30.7 Å². The molecule has 3 aliphatic rings. The van der Waals surface area contributed by atoms with E-state index in [0.29, 0.717) is 40.2 Å². The molecule has 46 heavy (non-hydrogen) atoms. The summed E-state index contributed by atoms with van der Waals surface area (Å²) in [4.78, 5) is 4.80. The zero-order valence-corrected chi connectivity index (χ0v) is 27.5. The lowest BCUT2D eigenvalue weighted by atomic mass is 9.87. The maximum Gasteiger partial charge on any atom is 0.204 e. The summed E-state index contributed by atoms with van der Waals surface area (Å²) in [5.41, 5.74) is 7.01. The minimum Gasteiger partial charge on any atom is -0.493 e. The second-order valence-corrected chi connectivity index (χ2v) is 12.4. The Kier molecular flexibility index (Phi) is 8.17. The van der Waals surface area contributed by atoms with Crippen molar-refractivity contribution in [2.24, 2.45) is 0 Å². The first-order valence-corrected chi connectivity index (χ1v) is 15.9. The van der Waals surface area contributed by atoms with Gasteiger partial charge in [-0.2, -0.15) is 0 Å². The average molecular weight is 623 g/mol. The van der Waals surface area contributed by atoms with Crippen LogP contribution in [-0.2, 0) is 25.7 Å². The van der Waals surface area contributed by atoms with E-state index in [2.05, 4.69) is 66.4 Å². The maximum atomic E-state index is 7.03. The summed E-state index contributed by atoms with van der Waals surface area (Å²) in [5, 5.41) is 0. The van der Waals surface area contributed by atoms with Gasteiger partial charge in [0.05, 0.1) is 28.4 Å². The molecule has 2 atom stereocenters. The second kappa shape index (κ2) is 12.4. The second-order valence-electron chi connectivity index (χ2n) is 12.4. The van der Waals surface area contributed by atoms with Gasteiger partial charge < -0.3 is 28.4 Å². The van der Waals surface area contributed by atoms with Crippen molar-refractivity contribution in [2.75, 3.05) is 55.6 Å². The van der Waals surface area contributed by atoms with Crippen LogP contribution in [0.5, 0.6) is 46.0 Å². The molecule has 0 spiro atoms. The predicted molar refractivity (Wildman–Crippen MR) is 178 cm³/mol. The predicted octanol–water partition coefficient (Wildman–Crippen LogP) is 7.16. The fourth-order valence-electron chi connectivity index (χ4n) is 7.33. The van der Waals surface area contributed by atoms with Gasteiger partial charge in [-0.25, -0.2) is 0 Å². The third-order valence-electron chi connectivity index (χ3n) is 9.87. The van der Waals surface area contributed by atoms with Crippen molar-refractivity contribution < 1.29 is 28.4 Å². The molecule has 3 aliphatic heterocycles. The Hall–Kier alpha value is -4.40. The van der Waals surface area contributed by atoms with Gasteiger partial charge in [-0.15, -0.1) is 0 Å². The van der Waals surface area contributed by atoms with Gasteiger partial charge in [0.1, 0.15) is 5.75 Å². The third kappa shape index (κ3) is 5.29. The molecule has 8 nitrogen and oxygen atoms in total. The van der Waals surface area contributed by atoms with Crippen LogP contribution in [0.25, 0.3) is 0 Å². The number of rotatable bonds is 4. The minimum absolute atomic E-state index is 0.00231. The molecule has 4 aromatic carbocycles. The van der Waals surface area contributed by atoms with Crippen LogP contribution in [0.15, 0.2) is 60.7 Å². The fourth-order valence-corrected chi connectivity index (χ4v) is 7.33. The highest BCUT2D eigenvalue weighted by molar-refractivity contribution is 5.64. The Bertz CT molecular complexity index is 1770. The van der Waals surface area contributed by atoms with Gasteiger partial charge in [0.15, 0.2) is 34.5 Å². The molecule has 240 valence electrons. The molecule has 0 saturated heterocycles. The van der Waals surface area contributed by atoms with Crippen molar-refractivity contribution >= 4 is 0 Å². The van der Waals surface area contributed by atoms with Crippen LogP contribution in [0.4, 0.5) is 0 Å². The molecule has 0 N–H and O–H groups in total. The summed E-state index contributed by atoms with van der Waals surface area (Å²) in [6.45, 7) is 1.83. The van der Waals surface area contributed by atoms with Crippen molar-refractivity contribution in [1.82, 2.24) is 9.80 Å². The minimum atomic E-state index is 0.00231. The lowest BCUT2D eigenvalue weighted by Crippen LogP contribution is -2.34. The molecule has 0 fully saturated rings. The van der Waals surface area contributed by atoms with Crippen LogP contribution in [0.3, 0.4) is 0 Å². The van der Waals surface area contributed by atoms with Gasteiger partial charge in [-0.05, 0) is 104 Å². The molecule has 3 heterocycles. The molecular weight excluding hydrogens is 580 g/mol. The number of hydrogen-bond acceptors (Lipinski definition) is 8. The monoisotopic (exact) mass is 622 g/mol. The summed E-state index contributed by atoms with van der Waals surface area (Å²) in [7, 11) is 11.1. The van der Waals surface area contributed by atoms with Crippen LogP contribution in [-0.4, -0.2) is 65.4 Å². The quantitative estimate of drug-likeness (QED) is 0.238. The van der Waals surface area contributed by atoms with Crippen molar-refractivity contribution in [2.45, 2.75) is 37.8 Å². The highest BCUT2D eigenvalue weighted by Gasteiger charge is 2.35. The van der Waals surface area contributed by atoms with E-state index in [1.807, 2.05) is 18.2 Å². The molecule has 0 aliphatic carbocycles. The lowest BCUT2D eigenvalue weighted by Gasteiger charge is -2.37. The largest absolute Gasteiger partial charge is 0.493 e. The number of hydrogen-bond donors (Lipinski definition) is 0. The van der Waals surface area contributed by atoms with E-state index in [-0.39, 0.29) is 12.1 Å². The number of nitrogens with zero attached hydrogens (tertiary/aromatic N) is 2. The zero-order chi connectivity index (χ0) is 31.9. The maximum absolute atomic E-state index is 7.03. The average Bonchev–Trinajstić information content (AvgIpc) is 3.07. The Morgan fingerprint density at radius 3 is 2.07 bits per heavy atom. The van der Waals surface area contributed by atoms with Crippen molar-refractivity contribution in [3.63, 3.8) is 0 Å². The van der Waals surface area contributed by atoms with E-state index in [9.17, 15) is 0 Å². The van der Waals surface area contributed by atoms with Crippen LogP contribution >= 0.6 is 0 Å². The summed E-state index contributed by atoms with van der Waals surface area (Å²) >= 11 is 0. The number of methoxy groups -OCH3 is 4. The first-order valence-electron chi connectivity index (χ1n) is 15.9. The number of ether oxygens (including phenoxy) is 6. The molecular formula is C38H42N2O6. The van der Waals surface area contributed by atoms with Gasteiger partial charge in [-0.3, -0.25) is 9.80 Å². The molecule has 8 heteroatoms. The van der Waals surface area contributed by atoms with Crippen LogP contribution < -0.4 is 28.4 Å². The van der Waals surface area contributed by atoms with E-state index >= 15 is 0 Å². The molecule has 4 aromatic rings. The smallest absolute Gasteiger partial charge is 0.204 e. The van der Waals surface area contributed by atoms with E-state index in [4.69, 9.17) is 28.4 Å². The summed E-state index contributed by atoms with van der Waals surface area (Å²) in [5.74, 6) is 5.47. The van der Waals surface area contributed by atoms with Crippen molar-refractivity contribution in [3.8, 4) is 46.0 Å². The topological polar surface area (TPSA) is 61.9 Å². The lowest BCUT2D eigenvalue weighted by molar-refractivity contribution is 0.219. The first kappa shape index (κ1) is 30.3. The SMILES string of the molecule is COc1ccc2cc1Oc1ccccc1C[C@H]1c3cc(c(OC)cc3CCN1C)Oc1c(OC)c(OC)cc3c1[C@@H](C2)N(C)CC3. The zero-order valence-electron chi connectivity index (χ0n) is 27.5. The Labute approximate surface area is 271 Å². The summed E-state index contributed by atoms with van der Waals surface area (Å²) in [6.07, 6.45) is 3.27. The fraction of sp³-hybridized carbons (Fsp3) is 0.368. The molecule has 0 amide bonds. The molecule has 4 bridgehead atoms. The summed E-state index contributed by atoms with van der Waals surface area (Å²) in [6, 6.07) is 21.1. The van der Waals surface area contributed by atoms with E-state index in [1.165, 1.54) is 16.7 Å². The molecule has 7 rings (SSSR count). The number of para-hydroxylation sites is 1. The molecule has 0 aromatic heterocycles. The van der Waals surface area contributed by atoms with E-state index < -0.39 is 0 Å². The van der Waals surface area contributed by atoms with Gasteiger partial charge in [0.25, 0.3) is 0 Å². The molecule has 0 radical (unpaired) electrons. The van der Waals surface area contributed by atoms with Gasteiger partial charge >= 0.3 is 0 Å². The Balaban J connectivity index is 1.50. The number of fused-ring (bicyclic) bond motifs is 4. The molecule has 0 saturated carbocycles. The van der Waals surface area contributed by atoms with Crippen LogP contribution in [0, 0.1) is 0 Å². The number of benzene rings is 4. The van der Waals surface area contributed by atoms with Gasteiger partial charge in [0.2, 0.25) is 5.75 Å². The highest BCUT2D eigenvalue weighted by Crippen LogP contribution is 2.52. The summed E-state index contributed by atoms with van der Waals surface area (Å²) < 4.78 is 37.4. The van der Waals surface area contributed by atoms with E-state index in [0.717, 1.165) is 61.2 Å². The molecule has 0 unspecified atom stereocenters. The van der Waals surface area contributed by atoms with Crippen molar-refractivity contribution in [1.29, 1.82) is 0 Å². The van der Waals surface area contributed by atoms with Crippen LogP contribution in [0.2, 0.25) is 0 Å². The van der Waals surface area contributed by atoms with E-state index in [1.54, 1.807) is 28.4 Å². The Morgan fingerprint density at radius 2 is 1.30 bits per heavy atom.